The lowest BCUT2D eigenvalue weighted by Gasteiger charge is -2.08. The third kappa shape index (κ3) is 3.46. The predicted octanol–water partition coefficient (Wildman–Crippen LogP) is 3.43. The van der Waals surface area contributed by atoms with Crippen LogP contribution in [-0.2, 0) is 6.54 Å². The fourth-order valence-electron chi connectivity index (χ4n) is 1.73. The Morgan fingerprint density at radius 2 is 1.95 bits per heavy atom. The minimum Gasteiger partial charge on any atom is -0.348 e. The Balaban J connectivity index is 2.04. The van der Waals surface area contributed by atoms with E-state index in [1.54, 1.807) is 24.3 Å². The van der Waals surface area contributed by atoms with Crippen molar-refractivity contribution >= 4 is 21.8 Å². The number of hydrogen-bond acceptors (Lipinski definition) is 2. The van der Waals surface area contributed by atoms with Gasteiger partial charge in [0.15, 0.2) is 0 Å². The minimum atomic E-state index is -0.166. The van der Waals surface area contributed by atoms with Crippen LogP contribution in [0.1, 0.15) is 27.0 Å². The Bertz CT molecular complexity index is 672. The maximum atomic E-state index is 12.1. The van der Waals surface area contributed by atoms with Gasteiger partial charge in [0.05, 0.1) is 11.6 Å². The number of nitrogens with one attached hydrogen (secondary N) is 1. The summed E-state index contributed by atoms with van der Waals surface area (Å²) in [7, 11) is 0. The molecule has 0 unspecified atom stereocenters. The van der Waals surface area contributed by atoms with Gasteiger partial charge in [0.25, 0.3) is 5.91 Å². The van der Waals surface area contributed by atoms with Gasteiger partial charge in [0, 0.05) is 16.6 Å². The molecular weight excluding hydrogens is 316 g/mol. The molecule has 1 radical (unpaired) electrons. The van der Waals surface area contributed by atoms with Crippen LogP contribution in [0.5, 0.6) is 0 Å². The number of carbonyl (C=O) groups is 1. The maximum Gasteiger partial charge on any atom is 0.251 e. The summed E-state index contributed by atoms with van der Waals surface area (Å²) in [5.74, 6) is -0.166. The molecule has 2 aromatic rings. The fourth-order valence-corrected chi connectivity index (χ4v) is 2.10. The molecule has 1 amide bonds. The van der Waals surface area contributed by atoms with E-state index in [-0.39, 0.29) is 5.91 Å². The topological polar surface area (TPSA) is 52.9 Å². The maximum absolute atomic E-state index is 12.1. The largest absolute Gasteiger partial charge is 0.348 e. The predicted molar refractivity (Wildman–Crippen MR) is 80.9 cm³/mol. The number of hydrogen-bond donors (Lipinski definition) is 1. The molecule has 2 rings (SSSR count). The fraction of sp³-hybridized carbons (Fsp3) is 0.0625. The van der Waals surface area contributed by atoms with Crippen molar-refractivity contribution in [3.63, 3.8) is 0 Å². The second-order valence-corrected chi connectivity index (χ2v) is 5.21. The van der Waals surface area contributed by atoms with Crippen LogP contribution in [0.3, 0.4) is 0 Å². The van der Waals surface area contributed by atoms with Crippen molar-refractivity contribution in [2.24, 2.45) is 0 Å². The van der Waals surface area contributed by atoms with E-state index in [0.29, 0.717) is 23.2 Å². The van der Waals surface area contributed by atoms with E-state index < -0.39 is 0 Å². The molecule has 0 fully saturated rings. The monoisotopic (exact) mass is 327 g/mol. The Morgan fingerprint density at radius 3 is 2.60 bits per heavy atom. The molecule has 0 aliphatic carbocycles. The van der Waals surface area contributed by atoms with Gasteiger partial charge in [-0.2, -0.15) is 5.26 Å². The first-order valence-electron chi connectivity index (χ1n) is 5.99. The van der Waals surface area contributed by atoms with Gasteiger partial charge in [-0.3, -0.25) is 4.79 Å². The molecule has 0 aliphatic rings. The summed E-state index contributed by atoms with van der Waals surface area (Å²) in [4.78, 5) is 12.1. The molecule has 1 N–H and O–H groups in total. The van der Waals surface area contributed by atoms with Crippen LogP contribution in [0, 0.1) is 18.3 Å². The minimum absolute atomic E-state index is 0.166. The highest BCUT2D eigenvalue weighted by Crippen LogP contribution is 2.16. The highest BCUT2D eigenvalue weighted by molar-refractivity contribution is 9.10. The van der Waals surface area contributed by atoms with E-state index in [1.165, 1.54) is 0 Å². The summed E-state index contributed by atoms with van der Waals surface area (Å²) in [5.41, 5.74) is 2.78. The molecule has 0 spiro atoms. The summed E-state index contributed by atoms with van der Waals surface area (Å²) < 4.78 is 0.841. The van der Waals surface area contributed by atoms with Gasteiger partial charge < -0.3 is 5.32 Å². The number of nitriles is 1. The average molecular weight is 328 g/mol. The lowest BCUT2D eigenvalue weighted by molar-refractivity contribution is 0.0950. The van der Waals surface area contributed by atoms with Gasteiger partial charge in [-0.15, -0.1) is 0 Å². The van der Waals surface area contributed by atoms with E-state index in [0.717, 1.165) is 10.0 Å². The molecule has 0 atom stereocenters. The van der Waals surface area contributed by atoms with Crippen LogP contribution in [0.25, 0.3) is 0 Å². The summed E-state index contributed by atoms with van der Waals surface area (Å²) in [6.07, 6.45) is 0. The second-order valence-electron chi connectivity index (χ2n) is 4.29. The van der Waals surface area contributed by atoms with Crippen LogP contribution in [0.15, 0.2) is 46.9 Å². The van der Waals surface area contributed by atoms with Crippen molar-refractivity contribution in [3.8, 4) is 6.07 Å². The standard InChI is InChI=1S/C16H12BrN2O/c1-11-2-7-14(17)8-15(11)16(20)19-10-13-5-3-12(9-18)4-6-13/h2-8H,1,10H2,(H,19,20). The average Bonchev–Trinajstić information content (AvgIpc) is 2.47. The SMILES string of the molecule is [CH2]c1ccc(Br)cc1C(=O)NCc1ccc(C#N)cc1. The summed E-state index contributed by atoms with van der Waals surface area (Å²) in [6, 6.07) is 14.6. The van der Waals surface area contributed by atoms with Crippen LogP contribution in [0.2, 0.25) is 0 Å². The van der Waals surface area contributed by atoms with E-state index in [1.807, 2.05) is 18.2 Å². The molecule has 0 saturated heterocycles. The zero-order valence-corrected chi connectivity index (χ0v) is 12.3. The molecular formula is C16H12BrN2O. The second kappa shape index (κ2) is 6.36. The molecule has 4 heteroatoms. The Morgan fingerprint density at radius 1 is 1.25 bits per heavy atom. The lowest BCUT2D eigenvalue weighted by atomic mass is 10.1. The molecule has 0 bridgehead atoms. The highest BCUT2D eigenvalue weighted by atomic mass is 79.9. The van der Waals surface area contributed by atoms with Gasteiger partial charge in [0.2, 0.25) is 0 Å². The zero-order chi connectivity index (χ0) is 14.5. The van der Waals surface area contributed by atoms with Crippen molar-refractivity contribution in [2.75, 3.05) is 0 Å². The number of rotatable bonds is 3. The first-order valence-corrected chi connectivity index (χ1v) is 6.78. The Labute approximate surface area is 126 Å². The van der Waals surface area contributed by atoms with Crippen molar-refractivity contribution in [1.29, 1.82) is 5.26 Å². The normalized spacial score (nSPS) is 9.85. The quantitative estimate of drug-likeness (QED) is 0.938. The van der Waals surface area contributed by atoms with Gasteiger partial charge in [-0.25, -0.2) is 0 Å². The Kier molecular flexibility index (Phi) is 4.54. The molecule has 0 saturated carbocycles. The number of nitrogens with zero attached hydrogens (tertiary/aromatic N) is 1. The van der Waals surface area contributed by atoms with Gasteiger partial charge in [-0.05, 0) is 42.3 Å². The number of benzene rings is 2. The van der Waals surface area contributed by atoms with Crippen molar-refractivity contribution < 1.29 is 4.79 Å². The van der Waals surface area contributed by atoms with Crippen LogP contribution >= 0.6 is 15.9 Å². The van der Waals surface area contributed by atoms with E-state index in [9.17, 15) is 4.79 Å². The first-order chi connectivity index (χ1) is 9.60. The molecule has 20 heavy (non-hydrogen) atoms. The molecule has 0 aromatic heterocycles. The van der Waals surface area contributed by atoms with Crippen LogP contribution in [0.4, 0.5) is 0 Å². The van der Waals surface area contributed by atoms with Crippen molar-refractivity contribution in [2.45, 2.75) is 6.54 Å². The Hall–Kier alpha value is -2.12. The van der Waals surface area contributed by atoms with E-state index >= 15 is 0 Å². The summed E-state index contributed by atoms with van der Waals surface area (Å²) >= 11 is 3.34. The highest BCUT2D eigenvalue weighted by Gasteiger charge is 2.09. The summed E-state index contributed by atoms with van der Waals surface area (Å²) in [6.45, 7) is 4.26. The lowest BCUT2D eigenvalue weighted by Crippen LogP contribution is -2.23. The van der Waals surface area contributed by atoms with Gasteiger partial charge in [0.1, 0.15) is 0 Å². The molecule has 99 valence electrons. The number of halogens is 1. The molecule has 0 aliphatic heterocycles. The van der Waals surface area contributed by atoms with Gasteiger partial charge >= 0.3 is 0 Å². The van der Waals surface area contributed by atoms with E-state index in [4.69, 9.17) is 5.26 Å². The first kappa shape index (κ1) is 14.3. The third-order valence-corrected chi connectivity index (χ3v) is 3.35. The number of carbonyl (C=O) groups excluding carboxylic acids is 1. The summed E-state index contributed by atoms with van der Waals surface area (Å²) in [5, 5.41) is 11.6. The van der Waals surface area contributed by atoms with Crippen LogP contribution in [-0.4, -0.2) is 5.91 Å². The van der Waals surface area contributed by atoms with E-state index in [2.05, 4.69) is 34.2 Å². The number of amides is 1. The van der Waals surface area contributed by atoms with Gasteiger partial charge in [-0.1, -0.05) is 34.1 Å². The smallest absolute Gasteiger partial charge is 0.251 e. The third-order valence-electron chi connectivity index (χ3n) is 2.85. The van der Waals surface area contributed by atoms with Crippen molar-refractivity contribution in [3.05, 3.63) is 76.1 Å². The zero-order valence-electron chi connectivity index (χ0n) is 10.7. The van der Waals surface area contributed by atoms with Crippen molar-refractivity contribution in [1.82, 2.24) is 5.32 Å². The molecule has 0 heterocycles. The molecule has 2 aromatic carbocycles. The molecule has 3 nitrogen and oxygen atoms in total. The van der Waals surface area contributed by atoms with Crippen LogP contribution < -0.4 is 5.32 Å².